The zero-order valence-corrected chi connectivity index (χ0v) is 15.9. The molecule has 0 fully saturated rings. The fourth-order valence-corrected chi connectivity index (χ4v) is 2.87. The van der Waals surface area contributed by atoms with Crippen LogP contribution >= 0.6 is 0 Å². The van der Waals surface area contributed by atoms with Gasteiger partial charge in [0, 0.05) is 12.2 Å². The van der Waals surface area contributed by atoms with Crippen LogP contribution in [0.3, 0.4) is 0 Å². The fourth-order valence-electron chi connectivity index (χ4n) is 2.87. The number of ether oxygens (including phenoxy) is 1. The summed E-state index contributed by atoms with van der Waals surface area (Å²) in [6, 6.07) is 17.0. The van der Waals surface area contributed by atoms with Crippen molar-refractivity contribution in [3.05, 3.63) is 66.5 Å². The van der Waals surface area contributed by atoms with Gasteiger partial charge < -0.3 is 20.7 Å². The maximum Gasteiger partial charge on any atom is 0.340 e. The first-order valence-corrected chi connectivity index (χ1v) is 9.11. The van der Waals surface area contributed by atoms with E-state index in [0.717, 1.165) is 5.69 Å². The Kier molecular flexibility index (Phi) is 6.06. The minimum Gasteiger partial charge on any atom is -0.462 e. The molecule has 0 aliphatic heterocycles. The molecule has 7 nitrogen and oxygen atoms in total. The molecule has 3 N–H and O–H groups in total. The van der Waals surface area contributed by atoms with E-state index in [1.165, 1.54) is 6.33 Å². The van der Waals surface area contributed by atoms with Gasteiger partial charge >= 0.3 is 5.97 Å². The summed E-state index contributed by atoms with van der Waals surface area (Å²) < 4.78 is 5.12. The largest absolute Gasteiger partial charge is 0.462 e. The zero-order valence-electron chi connectivity index (χ0n) is 15.9. The lowest BCUT2D eigenvalue weighted by Gasteiger charge is -2.24. The first kappa shape index (κ1) is 19.2. The fraction of sp³-hybridized carbons (Fsp3) is 0.190. The lowest BCUT2D eigenvalue weighted by atomic mass is 10.1. The molecule has 1 heterocycles. The first-order chi connectivity index (χ1) is 13.7. The second-order valence-corrected chi connectivity index (χ2v) is 5.93. The van der Waals surface area contributed by atoms with E-state index in [4.69, 9.17) is 10.5 Å². The van der Waals surface area contributed by atoms with Crippen LogP contribution in [0.1, 0.15) is 24.2 Å². The number of rotatable bonds is 7. The average molecular weight is 377 g/mol. The number of aromatic nitrogens is 2. The Morgan fingerprint density at radius 3 is 2.50 bits per heavy atom. The van der Waals surface area contributed by atoms with Gasteiger partial charge in [-0.05, 0) is 38.1 Å². The number of nitrogens with two attached hydrogens (primary N) is 1. The van der Waals surface area contributed by atoms with Gasteiger partial charge in [0.05, 0.1) is 17.9 Å². The number of carbonyl (C=O) groups excluding carboxylic acids is 1. The van der Waals surface area contributed by atoms with Gasteiger partial charge in [0.2, 0.25) is 0 Å². The number of para-hydroxylation sites is 2. The molecule has 28 heavy (non-hydrogen) atoms. The Balaban J connectivity index is 1.96. The van der Waals surface area contributed by atoms with Gasteiger partial charge in [0.1, 0.15) is 12.0 Å². The van der Waals surface area contributed by atoms with E-state index in [1.807, 2.05) is 48.2 Å². The van der Waals surface area contributed by atoms with Crippen LogP contribution < -0.4 is 16.0 Å². The Morgan fingerprint density at radius 1 is 1.07 bits per heavy atom. The highest BCUT2D eigenvalue weighted by molar-refractivity contribution is 5.97. The van der Waals surface area contributed by atoms with E-state index in [1.54, 1.807) is 25.1 Å². The Hall–Kier alpha value is -3.61. The molecule has 0 amide bonds. The van der Waals surface area contributed by atoms with E-state index >= 15 is 0 Å². The standard InChI is InChI=1S/C21H23N5O2/c1-3-26(15-10-6-5-7-11-15)20-18(22)19(23-14-24-20)25-17-13-9-8-12-16(17)21(27)28-4-2/h5-14H,3-4,22H2,1-2H3,(H,23,24,25). The zero-order chi connectivity index (χ0) is 19.9. The van der Waals surface area contributed by atoms with Crippen molar-refractivity contribution in [2.75, 3.05) is 29.1 Å². The van der Waals surface area contributed by atoms with Crippen molar-refractivity contribution >= 4 is 34.7 Å². The number of carbonyl (C=O) groups is 1. The highest BCUT2D eigenvalue weighted by Gasteiger charge is 2.18. The summed E-state index contributed by atoms with van der Waals surface area (Å²) in [6.07, 6.45) is 1.45. The maximum absolute atomic E-state index is 12.2. The molecule has 0 bridgehead atoms. The molecule has 3 aromatic rings. The van der Waals surface area contributed by atoms with Gasteiger partial charge in [-0.1, -0.05) is 30.3 Å². The third-order valence-electron chi connectivity index (χ3n) is 4.18. The summed E-state index contributed by atoms with van der Waals surface area (Å²) in [5.41, 5.74) is 8.75. The molecule has 0 aliphatic rings. The number of esters is 1. The lowest BCUT2D eigenvalue weighted by molar-refractivity contribution is 0.0527. The predicted octanol–water partition coefficient (Wildman–Crippen LogP) is 4.14. The molecule has 1 aromatic heterocycles. The molecular weight excluding hydrogens is 354 g/mol. The molecular formula is C21H23N5O2. The van der Waals surface area contributed by atoms with Crippen LogP contribution in [0.2, 0.25) is 0 Å². The molecule has 7 heteroatoms. The van der Waals surface area contributed by atoms with Crippen molar-refractivity contribution in [3.8, 4) is 0 Å². The molecule has 0 aliphatic carbocycles. The van der Waals surface area contributed by atoms with Gasteiger partial charge in [0.25, 0.3) is 0 Å². The summed E-state index contributed by atoms with van der Waals surface area (Å²) in [5, 5.41) is 3.15. The number of nitrogens with one attached hydrogen (secondary N) is 1. The summed E-state index contributed by atoms with van der Waals surface area (Å²) in [5.74, 6) is 0.619. The van der Waals surface area contributed by atoms with Gasteiger partial charge in [-0.2, -0.15) is 0 Å². The van der Waals surface area contributed by atoms with Crippen molar-refractivity contribution < 1.29 is 9.53 Å². The number of nitrogen functional groups attached to an aromatic ring is 1. The normalized spacial score (nSPS) is 10.4. The second kappa shape index (κ2) is 8.85. The number of nitrogens with zero attached hydrogens (tertiary/aromatic N) is 3. The topological polar surface area (TPSA) is 93.4 Å². The lowest BCUT2D eigenvalue weighted by Crippen LogP contribution is -2.20. The monoisotopic (exact) mass is 377 g/mol. The molecule has 0 saturated carbocycles. The molecule has 0 spiro atoms. The molecule has 3 rings (SSSR count). The number of hydrogen-bond acceptors (Lipinski definition) is 7. The highest BCUT2D eigenvalue weighted by atomic mass is 16.5. The summed E-state index contributed by atoms with van der Waals surface area (Å²) >= 11 is 0. The maximum atomic E-state index is 12.2. The second-order valence-electron chi connectivity index (χ2n) is 5.93. The smallest absolute Gasteiger partial charge is 0.340 e. The Morgan fingerprint density at radius 2 is 1.79 bits per heavy atom. The molecule has 144 valence electrons. The summed E-state index contributed by atoms with van der Waals surface area (Å²) in [6.45, 7) is 4.78. The van der Waals surface area contributed by atoms with Crippen LogP contribution in [0, 0.1) is 0 Å². The highest BCUT2D eigenvalue weighted by Crippen LogP contribution is 2.33. The van der Waals surface area contributed by atoms with Crippen LogP contribution in [-0.2, 0) is 4.74 Å². The van der Waals surface area contributed by atoms with Gasteiger partial charge in [0.15, 0.2) is 11.6 Å². The SMILES string of the molecule is CCOC(=O)c1ccccc1Nc1ncnc(N(CC)c2ccccc2)c1N. The first-order valence-electron chi connectivity index (χ1n) is 9.11. The average Bonchev–Trinajstić information content (AvgIpc) is 2.72. The van der Waals surface area contributed by atoms with E-state index in [-0.39, 0.29) is 0 Å². The van der Waals surface area contributed by atoms with E-state index in [2.05, 4.69) is 15.3 Å². The van der Waals surface area contributed by atoms with Gasteiger partial charge in [-0.25, -0.2) is 14.8 Å². The third kappa shape index (κ3) is 4.03. The summed E-state index contributed by atoms with van der Waals surface area (Å²) in [7, 11) is 0. The van der Waals surface area contributed by atoms with Crippen LogP contribution in [0.25, 0.3) is 0 Å². The minimum atomic E-state index is -0.405. The van der Waals surface area contributed by atoms with Crippen molar-refractivity contribution in [1.29, 1.82) is 0 Å². The number of anilines is 5. The van der Waals surface area contributed by atoms with Gasteiger partial charge in [-0.3, -0.25) is 0 Å². The van der Waals surface area contributed by atoms with Crippen molar-refractivity contribution in [3.63, 3.8) is 0 Å². The van der Waals surface area contributed by atoms with Crippen LogP contribution in [0.15, 0.2) is 60.9 Å². The molecule has 0 radical (unpaired) electrons. The van der Waals surface area contributed by atoms with Crippen LogP contribution in [0.4, 0.5) is 28.7 Å². The van der Waals surface area contributed by atoms with Crippen LogP contribution in [-0.4, -0.2) is 29.1 Å². The van der Waals surface area contributed by atoms with E-state index in [0.29, 0.717) is 41.7 Å². The van der Waals surface area contributed by atoms with Crippen molar-refractivity contribution in [2.45, 2.75) is 13.8 Å². The molecule has 0 saturated heterocycles. The number of benzene rings is 2. The Bertz CT molecular complexity index is 947. The van der Waals surface area contributed by atoms with Gasteiger partial charge in [-0.15, -0.1) is 0 Å². The van der Waals surface area contributed by atoms with E-state index in [9.17, 15) is 4.79 Å². The quantitative estimate of drug-likeness (QED) is 0.598. The predicted molar refractivity (Wildman–Crippen MR) is 111 cm³/mol. The minimum absolute atomic E-state index is 0.301. The van der Waals surface area contributed by atoms with Crippen LogP contribution in [0.5, 0.6) is 0 Å². The molecule has 0 unspecified atom stereocenters. The Labute approximate surface area is 164 Å². The molecule has 2 aromatic carbocycles. The number of hydrogen-bond donors (Lipinski definition) is 2. The van der Waals surface area contributed by atoms with Crippen molar-refractivity contribution in [1.82, 2.24) is 9.97 Å². The third-order valence-corrected chi connectivity index (χ3v) is 4.18. The molecule has 0 atom stereocenters. The summed E-state index contributed by atoms with van der Waals surface area (Å²) in [4.78, 5) is 22.9. The van der Waals surface area contributed by atoms with E-state index < -0.39 is 5.97 Å². The van der Waals surface area contributed by atoms with Crippen molar-refractivity contribution in [2.24, 2.45) is 0 Å².